The van der Waals surface area contributed by atoms with Crippen molar-refractivity contribution in [1.82, 2.24) is 19.2 Å². The Hall–Kier alpha value is -3.26. The van der Waals surface area contributed by atoms with Gasteiger partial charge in [-0.25, -0.2) is 0 Å². The summed E-state index contributed by atoms with van der Waals surface area (Å²) in [5, 5.41) is 9.97. The zero-order valence-electron chi connectivity index (χ0n) is 14.9. The molecule has 7 nitrogen and oxygen atoms in total. The molecule has 0 N–H and O–H groups in total. The van der Waals surface area contributed by atoms with Crippen LogP contribution in [-0.4, -0.2) is 26.0 Å². The molecule has 2 aromatic heterocycles. The van der Waals surface area contributed by atoms with Crippen molar-refractivity contribution in [2.24, 2.45) is 0 Å². The van der Waals surface area contributed by atoms with Gasteiger partial charge in [-0.2, -0.15) is 0 Å². The predicted molar refractivity (Wildman–Crippen MR) is 107 cm³/mol. The molecule has 0 radical (unpaired) electrons. The summed E-state index contributed by atoms with van der Waals surface area (Å²) in [6.45, 7) is 4.38. The van der Waals surface area contributed by atoms with Gasteiger partial charge in [0.2, 0.25) is 12.6 Å². The Morgan fingerprint density at radius 2 is 2.00 bits per heavy atom. The van der Waals surface area contributed by atoms with Crippen molar-refractivity contribution in [3.05, 3.63) is 71.0 Å². The van der Waals surface area contributed by atoms with Gasteiger partial charge >= 0.3 is 0 Å². The molecular weight excluding hydrogens is 376 g/mol. The standard InChI is InChI=1S/C20H16N4O3S/c1-2-9-23-18(25)14-5-3-4-6-15(14)24-19(23)21-22-20(24)28-11-13-7-8-16-17(10-13)27-12-26-16/h2-8,10H,1,9,11-12H2. The van der Waals surface area contributed by atoms with Crippen LogP contribution in [0.15, 0.2) is 65.1 Å². The third-order valence-corrected chi connectivity index (χ3v) is 5.59. The summed E-state index contributed by atoms with van der Waals surface area (Å²) in [4.78, 5) is 12.8. The van der Waals surface area contributed by atoms with Crippen LogP contribution < -0.4 is 15.0 Å². The van der Waals surface area contributed by atoms with Crippen LogP contribution in [0.4, 0.5) is 0 Å². The Labute approximate surface area is 164 Å². The number of hydrogen-bond donors (Lipinski definition) is 0. The fourth-order valence-corrected chi connectivity index (χ4v) is 4.18. The predicted octanol–water partition coefficient (Wildman–Crippen LogP) is 3.25. The Kier molecular flexibility index (Phi) is 4.05. The van der Waals surface area contributed by atoms with Crippen LogP contribution in [0.3, 0.4) is 0 Å². The van der Waals surface area contributed by atoms with E-state index in [1.165, 1.54) is 0 Å². The molecule has 2 aromatic carbocycles. The maximum atomic E-state index is 12.8. The highest BCUT2D eigenvalue weighted by atomic mass is 32.2. The van der Waals surface area contributed by atoms with Crippen LogP contribution in [0.2, 0.25) is 0 Å². The van der Waals surface area contributed by atoms with Gasteiger partial charge in [-0.1, -0.05) is 36.0 Å². The molecule has 0 amide bonds. The van der Waals surface area contributed by atoms with Gasteiger partial charge in [0.25, 0.3) is 5.56 Å². The first-order valence-corrected chi connectivity index (χ1v) is 9.74. The molecule has 0 saturated carbocycles. The Morgan fingerprint density at radius 3 is 2.89 bits per heavy atom. The van der Waals surface area contributed by atoms with Crippen molar-refractivity contribution in [2.45, 2.75) is 17.5 Å². The molecule has 0 saturated heterocycles. The number of aromatic nitrogens is 4. The number of thioether (sulfide) groups is 1. The van der Waals surface area contributed by atoms with Gasteiger partial charge in [0, 0.05) is 12.3 Å². The molecule has 1 aliphatic heterocycles. The van der Waals surface area contributed by atoms with E-state index in [4.69, 9.17) is 9.47 Å². The maximum absolute atomic E-state index is 12.8. The average Bonchev–Trinajstić information content (AvgIpc) is 3.36. The molecule has 3 heterocycles. The van der Waals surface area contributed by atoms with E-state index in [0.717, 1.165) is 27.7 Å². The van der Waals surface area contributed by atoms with E-state index in [1.54, 1.807) is 22.4 Å². The lowest BCUT2D eigenvalue weighted by molar-refractivity contribution is 0.174. The largest absolute Gasteiger partial charge is 0.454 e. The first-order chi connectivity index (χ1) is 13.8. The van der Waals surface area contributed by atoms with Crippen molar-refractivity contribution in [1.29, 1.82) is 0 Å². The zero-order chi connectivity index (χ0) is 19.1. The average molecular weight is 392 g/mol. The molecule has 0 fully saturated rings. The van der Waals surface area contributed by atoms with E-state index in [1.807, 2.05) is 46.9 Å². The molecule has 140 valence electrons. The molecule has 0 spiro atoms. The van der Waals surface area contributed by atoms with Gasteiger partial charge in [-0.05, 0) is 29.8 Å². The third kappa shape index (κ3) is 2.65. The van der Waals surface area contributed by atoms with Crippen LogP contribution in [0.1, 0.15) is 5.56 Å². The van der Waals surface area contributed by atoms with E-state index >= 15 is 0 Å². The summed E-state index contributed by atoms with van der Waals surface area (Å²) in [5.41, 5.74) is 1.79. The van der Waals surface area contributed by atoms with Crippen molar-refractivity contribution in [3.8, 4) is 11.5 Å². The number of ether oxygens (including phenoxy) is 2. The Morgan fingerprint density at radius 1 is 1.14 bits per heavy atom. The molecule has 5 rings (SSSR count). The van der Waals surface area contributed by atoms with E-state index in [0.29, 0.717) is 23.5 Å². The molecular formula is C20H16N4O3S. The van der Waals surface area contributed by atoms with E-state index in [2.05, 4.69) is 16.8 Å². The van der Waals surface area contributed by atoms with Crippen molar-refractivity contribution in [3.63, 3.8) is 0 Å². The minimum absolute atomic E-state index is 0.0947. The lowest BCUT2D eigenvalue weighted by Crippen LogP contribution is -2.22. The number of hydrogen-bond acceptors (Lipinski definition) is 6. The minimum atomic E-state index is -0.0947. The summed E-state index contributed by atoms with van der Waals surface area (Å²) in [7, 11) is 0. The van der Waals surface area contributed by atoms with E-state index in [9.17, 15) is 4.79 Å². The second kappa shape index (κ2) is 6.72. The van der Waals surface area contributed by atoms with Gasteiger partial charge in [0.15, 0.2) is 16.7 Å². The molecule has 0 bridgehead atoms. The Balaban J connectivity index is 1.58. The summed E-state index contributed by atoms with van der Waals surface area (Å²) in [5.74, 6) is 2.72. The van der Waals surface area contributed by atoms with Gasteiger partial charge in [0.1, 0.15) is 0 Å². The molecule has 1 aliphatic rings. The molecule has 0 unspecified atom stereocenters. The lowest BCUT2D eigenvalue weighted by Gasteiger charge is -2.09. The van der Waals surface area contributed by atoms with Crippen molar-refractivity contribution >= 4 is 28.4 Å². The molecule has 28 heavy (non-hydrogen) atoms. The Bertz CT molecular complexity index is 1280. The normalized spacial score (nSPS) is 12.7. The SMILES string of the molecule is C=CCn1c(=O)c2ccccc2n2c(SCc3ccc4c(c3)OCO4)nnc12. The molecule has 4 aromatic rings. The summed E-state index contributed by atoms with van der Waals surface area (Å²) < 4.78 is 14.3. The van der Waals surface area contributed by atoms with Crippen LogP contribution in [0.5, 0.6) is 11.5 Å². The second-order valence-corrected chi connectivity index (χ2v) is 7.26. The van der Waals surface area contributed by atoms with E-state index in [-0.39, 0.29) is 12.4 Å². The van der Waals surface area contributed by atoms with Crippen molar-refractivity contribution in [2.75, 3.05) is 6.79 Å². The smallest absolute Gasteiger partial charge is 0.263 e. The lowest BCUT2D eigenvalue weighted by atomic mass is 10.2. The fraction of sp³-hybridized carbons (Fsp3) is 0.150. The molecule has 8 heteroatoms. The highest BCUT2D eigenvalue weighted by Crippen LogP contribution is 2.34. The van der Waals surface area contributed by atoms with Gasteiger partial charge in [-0.3, -0.25) is 13.8 Å². The third-order valence-electron chi connectivity index (χ3n) is 4.59. The second-order valence-electron chi connectivity index (χ2n) is 6.32. The molecule has 0 aliphatic carbocycles. The highest BCUT2D eigenvalue weighted by molar-refractivity contribution is 7.98. The van der Waals surface area contributed by atoms with Crippen LogP contribution >= 0.6 is 11.8 Å². The van der Waals surface area contributed by atoms with Crippen molar-refractivity contribution < 1.29 is 9.47 Å². The summed E-state index contributed by atoms with van der Waals surface area (Å²) in [6, 6.07) is 13.4. The summed E-state index contributed by atoms with van der Waals surface area (Å²) in [6.07, 6.45) is 1.68. The maximum Gasteiger partial charge on any atom is 0.263 e. The number of fused-ring (bicyclic) bond motifs is 4. The first-order valence-electron chi connectivity index (χ1n) is 8.75. The van der Waals surface area contributed by atoms with Gasteiger partial charge < -0.3 is 9.47 Å². The van der Waals surface area contributed by atoms with Crippen LogP contribution in [0, 0.1) is 0 Å². The first kappa shape index (κ1) is 16.9. The number of para-hydroxylation sites is 1. The van der Waals surface area contributed by atoms with Gasteiger partial charge in [0.05, 0.1) is 10.9 Å². The quantitative estimate of drug-likeness (QED) is 0.384. The topological polar surface area (TPSA) is 70.7 Å². The van der Waals surface area contributed by atoms with E-state index < -0.39 is 0 Å². The van der Waals surface area contributed by atoms with Crippen LogP contribution in [0.25, 0.3) is 16.7 Å². The zero-order valence-corrected chi connectivity index (χ0v) is 15.7. The highest BCUT2D eigenvalue weighted by Gasteiger charge is 2.17. The van der Waals surface area contributed by atoms with Crippen LogP contribution in [-0.2, 0) is 12.3 Å². The number of benzene rings is 2. The number of allylic oxidation sites excluding steroid dienone is 1. The van der Waals surface area contributed by atoms with Gasteiger partial charge in [-0.15, -0.1) is 16.8 Å². The fourth-order valence-electron chi connectivity index (χ4n) is 3.30. The number of nitrogens with zero attached hydrogens (tertiary/aromatic N) is 4. The summed E-state index contributed by atoms with van der Waals surface area (Å²) >= 11 is 1.55. The molecule has 0 atom stereocenters. The minimum Gasteiger partial charge on any atom is -0.454 e. The monoisotopic (exact) mass is 392 g/mol. The number of rotatable bonds is 5.